The van der Waals surface area contributed by atoms with E-state index in [1.54, 1.807) is 28.9 Å². The van der Waals surface area contributed by atoms with Crippen LogP contribution in [0.15, 0.2) is 42.7 Å². The molecule has 22 heavy (non-hydrogen) atoms. The van der Waals surface area contributed by atoms with Gasteiger partial charge in [0.2, 0.25) is 0 Å². The van der Waals surface area contributed by atoms with Gasteiger partial charge in [-0.15, -0.1) is 0 Å². The van der Waals surface area contributed by atoms with E-state index in [1.807, 2.05) is 25.1 Å². The van der Waals surface area contributed by atoms with Gasteiger partial charge in [0.1, 0.15) is 11.3 Å². The van der Waals surface area contributed by atoms with Crippen molar-refractivity contribution < 1.29 is 9.53 Å². The fourth-order valence-corrected chi connectivity index (χ4v) is 2.49. The number of nitrogens with two attached hydrogens (primary N) is 1. The van der Waals surface area contributed by atoms with E-state index in [1.165, 1.54) is 7.11 Å². The molecule has 3 aromatic rings. The summed E-state index contributed by atoms with van der Waals surface area (Å²) < 4.78 is 6.61. The summed E-state index contributed by atoms with van der Waals surface area (Å²) in [5, 5.41) is 0. The second-order valence-corrected chi connectivity index (χ2v) is 4.96. The van der Waals surface area contributed by atoms with Gasteiger partial charge in [-0.1, -0.05) is 6.07 Å². The number of nitrogens with zero attached hydrogens (tertiary/aromatic N) is 3. The van der Waals surface area contributed by atoms with Crippen molar-refractivity contribution in [3.8, 4) is 11.3 Å². The van der Waals surface area contributed by atoms with Crippen LogP contribution < -0.4 is 5.73 Å². The van der Waals surface area contributed by atoms with E-state index in [9.17, 15) is 4.79 Å². The number of pyridine rings is 2. The van der Waals surface area contributed by atoms with Crippen LogP contribution in [0.2, 0.25) is 0 Å². The maximum Gasteiger partial charge on any atom is 0.355 e. The van der Waals surface area contributed by atoms with Crippen molar-refractivity contribution in [2.75, 3.05) is 7.11 Å². The molecule has 6 nitrogen and oxygen atoms in total. The first-order valence-electron chi connectivity index (χ1n) is 6.89. The molecule has 0 fully saturated rings. The predicted octanol–water partition coefficient (Wildman–Crippen LogP) is 2.20. The molecule has 0 aliphatic carbocycles. The van der Waals surface area contributed by atoms with Gasteiger partial charge in [0.15, 0.2) is 0 Å². The second-order valence-electron chi connectivity index (χ2n) is 4.96. The summed E-state index contributed by atoms with van der Waals surface area (Å²) in [6.45, 7) is 1.87. The van der Waals surface area contributed by atoms with Gasteiger partial charge in [0.25, 0.3) is 0 Å². The minimum atomic E-state index is -0.420. The first-order chi connectivity index (χ1) is 10.6. The van der Waals surface area contributed by atoms with Crippen molar-refractivity contribution in [1.82, 2.24) is 14.4 Å². The molecule has 0 saturated heterocycles. The highest BCUT2D eigenvalue weighted by atomic mass is 16.5. The lowest BCUT2D eigenvalue weighted by atomic mass is 10.1. The summed E-state index contributed by atoms with van der Waals surface area (Å²) in [6.07, 6.45) is 3.41. The summed E-state index contributed by atoms with van der Waals surface area (Å²) in [6, 6.07) is 8.83. The van der Waals surface area contributed by atoms with E-state index in [2.05, 4.69) is 9.97 Å². The van der Waals surface area contributed by atoms with Crippen LogP contribution in [0.3, 0.4) is 0 Å². The molecule has 3 aromatic heterocycles. The zero-order chi connectivity index (χ0) is 15.7. The summed E-state index contributed by atoms with van der Waals surface area (Å²) in [5.41, 5.74) is 9.44. The number of rotatable bonds is 3. The topological polar surface area (TPSA) is 82.5 Å². The van der Waals surface area contributed by atoms with Gasteiger partial charge < -0.3 is 10.5 Å². The van der Waals surface area contributed by atoms with Crippen molar-refractivity contribution in [1.29, 1.82) is 0 Å². The third-order valence-corrected chi connectivity index (χ3v) is 3.47. The van der Waals surface area contributed by atoms with Crippen molar-refractivity contribution >= 4 is 11.6 Å². The average Bonchev–Trinajstić information content (AvgIpc) is 2.98. The van der Waals surface area contributed by atoms with Crippen molar-refractivity contribution in [3.05, 3.63) is 54.1 Å². The van der Waals surface area contributed by atoms with Crippen LogP contribution in [-0.2, 0) is 4.74 Å². The van der Waals surface area contributed by atoms with Crippen LogP contribution in [0.5, 0.6) is 0 Å². The SMILES string of the molecule is COC(=O)c1cccc2ncc(-c3cccnc3C(C)N)n12. The van der Waals surface area contributed by atoms with Gasteiger partial charge in [0.05, 0.1) is 24.7 Å². The standard InChI is InChI=1S/C16H16N4O2/c1-10(17)15-11(5-4-8-18-15)13-9-19-14-7-3-6-12(20(13)14)16(21)22-2/h3-10H,17H2,1-2H3. The second kappa shape index (κ2) is 5.57. The Labute approximate surface area is 127 Å². The molecule has 3 heterocycles. The number of fused-ring (bicyclic) bond motifs is 1. The molecule has 2 N–H and O–H groups in total. The normalized spacial score (nSPS) is 12.3. The Hall–Kier alpha value is -2.73. The molecule has 0 spiro atoms. The Bertz CT molecular complexity index is 839. The highest BCUT2D eigenvalue weighted by Gasteiger charge is 2.18. The lowest BCUT2D eigenvalue weighted by molar-refractivity contribution is 0.0592. The summed E-state index contributed by atoms with van der Waals surface area (Å²) in [4.78, 5) is 20.7. The van der Waals surface area contributed by atoms with Gasteiger partial charge >= 0.3 is 5.97 Å². The van der Waals surface area contributed by atoms with Gasteiger partial charge in [-0.05, 0) is 31.2 Å². The molecule has 1 atom stereocenters. The molecule has 0 radical (unpaired) electrons. The van der Waals surface area contributed by atoms with Gasteiger partial charge in [-0.25, -0.2) is 9.78 Å². The van der Waals surface area contributed by atoms with E-state index in [4.69, 9.17) is 10.5 Å². The number of hydrogen-bond donors (Lipinski definition) is 1. The lowest BCUT2D eigenvalue weighted by Gasteiger charge is -2.12. The fourth-order valence-electron chi connectivity index (χ4n) is 2.49. The maximum absolute atomic E-state index is 12.0. The van der Waals surface area contributed by atoms with Crippen LogP contribution in [0, 0.1) is 0 Å². The number of carbonyl (C=O) groups excluding carboxylic acids is 1. The first kappa shape index (κ1) is 14.2. The minimum absolute atomic E-state index is 0.230. The van der Waals surface area contributed by atoms with E-state index in [0.717, 1.165) is 17.0 Å². The number of esters is 1. The van der Waals surface area contributed by atoms with Crippen molar-refractivity contribution in [2.45, 2.75) is 13.0 Å². The zero-order valence-electron chi connectivity index (χ0n) is 12.4. The van der Waals surface area contributed by atoms with Crippen LogP contribution in [0.1, 0.15) is 29.1 Å². The quantitative estimate of drug-likeness (QED) is 0.749. The molecular formula is C16H16N4O2. The van der Waals surface area contributed by atoms with Gasteiger partial charge in [-0.2, -0.15) is 0 Å². The molecule has 0 bridgehead atoms. The third-order valence-electron chi connectivity index (χ3n) is 3.47. The largest absolute Gasteiger partial charge is 0.464 e. The minimum Gasteiger partial charge on any atom is -0.464 e. The van der Waals surface area contributed by atoms with Crippen molar-refractivity contribution in [3.63, 3.8) is 0 Å². The Kier molecular flexibility index (Phi) is 3.60. The van der Waals surface area contributed by atoms with Crippen LogP contribution >= 0.6 is 0 Å². The molecule has 3 rings (SSSR count). The number of aromatic nitrogens is 3. The fraction of sp³-hybridized carbons (Fsp3) is 0.188. The number of carbonyl (C=O) groups is 1. The molecule has 0 amide bonds. The van der Waals surface area contributed by atoms with E-state index >= 15 is 0 Å². The highest BCUT2D eigenvalue weighted by molar-refractivity contribution is 5.89. The lowest BCUT2D eigenvalue weighted by Crippen LogP contribution is -2.11. The Morgan fingerprint density at radius 3 is 2.82 bits per heavy atom. The Morgan fingerprint density at radius 2 is 2.09 bits per heavy atom. The van der Waals surface area contributed by atoms with Crippen molar-refractivity contribution in [2.24, 2.45) is 5.73 Å². The van der Waals surface area contributed by atoms with E-state index in [0.29, 0.717) is 11.3 Å². The van der Waals surface area contributed by atoms with Crippen LogP contribution in [0.25, 0.3) is 16.9 Å². The van der Waals surface area contributed by atoms with Gasteiger partial charge in [0, 0.05) is 17.8 Å². The number of ether oxygens (including phenoxy) is 1. The predicted molar refractivity (Wildman–Crippen MR) is 82.4 cm³/mol. The number of imidazole rings is 1. The molecule has 6 heteroatoms. The first-order valence-corrected chi connectivity index (χ1v) is 6.89. The smallest absolute Gasteiger partial charge is 0.355 e. The molecule has 112 valence electrons. The molecule has 1 unspecified atom stereocenters. The summed E-state index contributed by atoms with van der Waals surface area (Å²) in [5.74, 6) is -0.420. The molecule has 0 saturated carbocycles. The van der Waals surface area contributed by atoms with Gasteiger partial charge in [-0.3, -0.25) is 9.38 Å². The molecular weight excluding hydrogens is 280 g/mol. The third kappa shape index (κ3) is 2.23. The Balaban J connectivity index is 2.31. The molecule has 0 aliphatic rings. The monoisotopic (exact) mass is 296 g/mol. The molecule has 0 aromatic carbocycles. The van der Waals surface area contributed by atoms with Crippen LogP contribution in [0.4, 0.5) is 0 Å². The van der Waals surface area contributed by atoms with Crippen LogP contribution in [-0.4, -0.2) is 27.4 Å². The Morgan fingerprint density at radius 1 is 1.27 bits per heavy atom. The van der Waals surface area contributed by atoms with E-state index < -0.39 is 5.97 Å². The average molecular weight is 296 g/mol. The summed E-state index contributed by atoms with van der Waals surface area (Å²) >= 11 is 0. The maximum atomic E-state index is 12.0. The highest BCUT2D eigenvalue weighted by Crippen LogP contribution is 2.27. The zero-order valence-corrected chi connectivity index (χ0v) is 12.4. The number of hydrogen-bond acceptors (Lipinski definition) is 5. The number of methoxy groups -OCH3 is 1. The summed E-state index contributed by atoms with van der Waals surface area (Å²) in [7, 11) is 1.36. The molecule has 0 aliphatic heterocycles. The van der Waals surface area contributed by atoms with E-state index in [-0.39, 0.29) is 6.04 Å².